The lowest BCUT2D eigenvalue weighted by molar-refractivity contribution is -0.111. The number of ether oxygens (including phenoxy) is 2. The van der Waals surface area contributed by atoms with Gasteiger partial charge in [-0.15, -0.1) is 0 Å². The Morgan fingerprint density at radius 2 is 2.04 bits per heavy atom. The standard InChI is InChI=1S/C16H14Cl2N2O3/c1-22-10-23-13-5-2-11(3-6-13)4-7-15(21)20-16-14(18)8-12(17)9-19-16/h2-9H,10H2,1H3,(H,19,20,21)/b7-4+. The molecule has 0 saturated carbocycles. The number of rotatable bonds is 6. The monoisotopic (exact) mass is 352 g/mol. The van der Waals surface area contributed by atoms with Gasteiger partial charge < -0.3 is 14.8 Å². The molecule has 0 unspecified atom stereocenters. The summed E-state index contributed by atoms with van der Waals surface area (Å²) < 4.78 is 10.1. The van der Waals surface area contributed by atoms with Crippen molar-refractivity contribution in [3.63, 3.8) is 0 Å². The summed E-state index contributed by atoms with van der Waals surface area (Å²) in [4.78, 5) is 15.8. The van der Waals surface area contributed by atoms with E-state index in [2.05, 4.69) is 10.3 Å². The number of hydrogen-bond donors (Lipinski definition) is 1. The number of halogens is 2. The van der Waals surface area contributed by atoms with Gasteiger partial charge in [-0.2, -0.15) is 0 Å². The van der Waals surface area contributed by atoms with E-state index >= 15 is 0 Å². The molecule has 1 N–H and O–H groups in total. The number of aromatic nitrogens is 1. The second-order valence-electron chi connectivity index (χ2n) is 4.43. The number of benzene rings is 1. The molecule has 7 heteroatoms. The zero-order valence-electron chi connectivity index (χ0n) is 12.3. The first-order valence-corrected chi connectivity index (χ1v) is 7.36. The van der Waals surface area contributed by atoms with Gasteiger partial charge in [0.25, 0.3) is 0 Å². The quantitative estimate of drug-likeness (QED) is 0.629. The minimum atomic E-state index is -0.346. The maximum atomic E-state index is 11.9. The minimum Gasteiger partial charge on any atom is -0.468 e. The Hall–Kier alpha value is -2.08. The summed E-state index contributed by atoms with van der Waals surface area (Å²) in [6.45, 7) is 0.187. The predicted molar refractivity (Wildman–Crippen MR) is 90.9 cm³/mol. The van der Waals surface area contributed by atoms with Crippen molar-refractivity contribution in [2.24, 2.45) is 0 Å². The Morgan fingerprint density at radius 3 is 2.70 bits per heavy atom. The topological polar surface area (TPSA) is 60.5 Å². The summed E-state index contributed by atoms with van der Waals surface area (Å²) in [5.41, 5.74) is 0.847. The van der Waals surface area contributed by atoms with Gasteiger partial charge >= 0.3 is 0 Å². The van der Waals surface area contributed by atoms with E-state index in [1.165, 1.54) is 18.3 Å². The maximum Gasteiger partial charge on any atom is 0.249 e. The van der Waals surface area contributed by atoms with Crippen molar-refractivity contribution in [1.29, 1.82) is 0 Å². The van der Waals surface area contributed by atoms with Crippen molar-refractivity contribution >= 4 is 41.0 Å². The largest absolute Gasteiger partial charge is 0.468 e. The van der Waals surface area contributed by atoms with Crippen LogP contribution in [-0.2, 0) is 9.53 Å². The normalized spacial score (nSPS) is 10.7. The molecule has 1 aromatic carbocycles. The highest BCUT2D eigenvalue weighted by Gasteiger charge is 2.05. The van der Waals surface area contributed by atoms with Crippen LogP contribution in [0.3, 0.4) is 0 Å². The van der Waals surface area contributed by atoms with E-state index in [4.69, 9.17) is 32.7 Å². The van der Waals surface area contributed by atoms with Crippen LogP contribution >= 0.6 is 23.2 Å². The molecular weight excluding hydrogens is 339 g/mol. The number of hydrogen-bond acceptors (Lipinski definition) is 4. The molecule has 0 aliphatic rings. The van der Waals surface area contributed by atoms with Crippen LogP contribution in [0.1, 0.15) is 5.56 Å². The molecule has 0 fully saturated rings. The first kappa shape index (κ1) is 17.3. The average Bonchev–Trinajstić information content (AvgIpc) is 2.54. The molecule has 0 aliphatic heterocycles. The molecule has 120 valence electrons. The third-order valence-corrected chi connectivity index (χ3v) is 3.19. The van der Waals surface area contributed by atoms with E-state index < -0.39 is 0 Å². The molecule has 0 aliphatic carbocycles. The average molecular weight is 353 g/mol. The summed E-state index contributed by atoms with van der Waals surface area (Å²) >= 11 is 11.7. The highest BCUT2D eigenvalue weighted by Crippen LogP contribution is 2.22. The molecule has 0 radical (unpaired) electrons. The number of nitrogens with zero attached hydrogens (tertiary/aromatic N) is 1. The van der Waals surface area contributed by atoms with Crippen molar-refractivity contribution in [3.8, 4) is 5.75 Å². The summed E-state index contributed by atoms with van der Waals surface area (Å²) in [6.07, 6.45) is 4.46. The van der Waals surface area contributed by atoms with Crippen LogP contribution < -0.4 is 10.1 Å². The molecule has 2 rings (SSSR count). The molecule has 2 aromatic rings. The van der Waals surface area contributed by atoms with E-state index in [9.17, 15) is 4.79 Å². The van der Waals surface area contributed by atoms with Crippen LogP contribution in [0.4, 0.5) is 5.82 Å². The zero-order chi connectivity index (χ0) is 16.7. The SMILES string of the molecule is COCOc1ccc(/C=C/C(=O)Nc2ncc(Cl)cc2Cl)cc1. The molecular formula is C16H14Cl2N2O3. The Morgan fingerprint density at radius 1 is 1.30 bits per heavy atom. The molecule has 0 saturated heterocycles. The Labute approximate surface area is 143 Å². The van der Waals surface area contributed by atoms with Gasteiger partial charge in [0.05, 0.1) is 10.0 Å². The molecule has 1 heterocycles. The number of nitrogens with one attached hydrogen (secondary N) is 1. The molecule has 5 nitrogen and oxygen atoms in total. The van der Waals surface area contributed by atoms with Crippen LogP contribution in [0.25, 0.3) is 6.08 Å². The summed E-state index contributed by atoms with van der Waals surface area (Å²) in [7, 11) is 1.55. The lowest BCUT2D eigenvalue weighted by atomic mass is 10.2. The lowest BCUT2D eigenvalue weighted by Crippen LogP contribution is -2.09. The van der Waals surface area contributed by atoms with E-state index in [1.807, 2.05) is 12.1 Å². The second-order valence-corrected chi connectivity index (χ2v) is 5.27. The molecule has 23 heavy (non-hydrogen) atoms. The van der Waals surface area contributed by atoms with Gasteiger partial charge in [0.2, 0.25) is 5.91 Å². The van der Waals surface area contributed by atoms with Crippen molar-refractivity contribution in [1.82, 2.24) is 4.98 Å². The molecule has 1 aromatic heterocycles. The van der Waals surface area contributed by atoms with Crippen molar-refractivity contribution < 1.29 is 14.3 Å². The fourth-order valence-corrected chi connectivity index (χ4v) is 2.07. The fraction of sp³-hybridized carbons (Fsp3) is 0.125. The third-order valence-electron chi connectivity index (χ3n) is 2.70. The number of methoxy groups -OCH3 is 1. The molecule has 1 amide bonds. The van der Waals surface area contributed by atoms with Gasteiger partial charge in [-0.05, 0) is 29.8 Å². The zero-order valence-corrected chi connectivity index (χ0v) is 13.8. The number of carbonyl (C=O) groups excluding carboxylic acids is 1. The van der Waals surface area contributed by atoms with E-state index in [0.29, 0.717) is 10.8 Å². The summed E-state index contributed by atoms with van der Waals surface area (Å²) in [5.74, 6) is 0.598. The van der Waals surface area contributed by atoms with E-state index in [1.54, 1.807) is 25.3 Å². The van der Waals surface area contributed by atoms with E-state index in [-0.39, 0.29) is 23.5 Å². The molecule has 0 bridgehead atoms. The molecule has 0 atom stereocenters. The predicted octanol–water partition coefficient (Wildman–Crippen LogP) is 4.02. The Kier molecular flexibility index (Phi) is 6.40. The Bertz CT molecular complexity index is 703. The third kappa shape index (κ3) is 5.56. The first-order chi connectivity index (χ1) is 11.1. The minimum absolute atomic E-state index is 0.187. The van der Waals surface area contributed by atoms with Crippen molar-refractivity contribution in [2.75, 3.05) is 19.2 Å². The van der Waals surface area contributed by atoms with Crippen molar-refractivity contribution in [2.45, 2.75) is 0 Å². The second kappa shape index (κ2) is 8.53. The van der Waals surface area contributed by atoms with Crippen molar-refractivity contribution in [3.05, 3.63) is 58.2 Å². The highest BCUT2D eigenvalue weighted by molar-refractivity contribution is 6.36. The van der Waals surface area contributed by atoms with Gasteiger partial charge in [0.1, 0.15) is 5.75 Å². The Balaban J connectivity index is 1.95. The van der Waals surface area contributed by atoms with Crippen LogP contribution in [-0.4, -0.2) is 24.8 Å². The number of carbonyl (C=O) groups is 1. The molecule has 0 spiro atoms. The van der Waals surface area contributed by atoms with Gasteiger partial charge in [-0.1, -0.05) is 35.3 Å². The number of pyridine rings is 1. The number of anilines is 1. The van der Waals surface area contributed by atoms with Crippen LogP contribution in [0.15, 0.2) is 42.6 Å². The maximum absolute atomic E-state index is 11.9. The fourth-order valence-electron chi connectivity index (χ4n) is 1.64. The smallest absolute Gasteiger partial charge is 0.249 e. The first-order valence-electron chi connectivity index (χ1n) is 6.60. The van der Waals surface area contributed by atoms with Crippen LogP contribution in [0.5, 0.6) is 5.75 Å². The van der Waals surface area contributed by atoms with Crippen LogP contribution in [0, 0.1) is 0 Å². The van der Waals surface area contributed by atoms with Gasteiger partial charge in [-0.25, -0.2) is 4.98 Å². The summed E-state index contributed by atoms with van der Waals surface area (Å²) in [5, 5.41) is 3.26. The van der Waals surface area contributed by atoms with Crippen LogP contribution in [0.2, 0.25) is 10.0 Å². The van der Waals surface area contributed by atoms with E-state index in [0.717, 1.165) is 5.56 Å². The highest BCUT2D eigenvalue weighted by atomic mass is 35.5. The van der Waals surface area contributed by atoms with Gasteiger partial charge in [-0.3, -0.25) is 4.79 Å². The lowest BCUT2D eigenvalue weighted by Gasteiger charge is -2.04. The summed E-state index contributed by atoms with van der Waals surface area (Å²) in [6, 6.07) is 8.72. The number of amides is 1. The van der Waals surface area contributed by atoms with Gasteiger partial charge in [0.15, 0.2) is 12.6 Å². The van der Waals surface area contributed by atoms with Gasteiger partial charge in [0, 0.05) is 19.4 Å².